The number of nitrogens with zero attached hydrogens (tertiary/aromatic N) is 1. The molecule has 144 valence electrons. The van der Waals surface area contributed by atoms with Crippen molar-refractivity contribution in [3.05, 3.63) is 93.2 Å². The molecular weight excluding hydrogens is 468 g/mol. The van der Waals surface area contributed by atoms with Crippen molar-refractivity contribution in [2.24, 2.45) is 0 Å². The number of para-hydroxylation sites is 1. The zero-order chi connectivity index (χ0) is 19.9. The molecule has 1 aliphatic rings. The van der Waals surface area contributed by atoms with Gasteiger partial charge in [-0.1, -0.05) is 57.9 Å². The summed E-state index contributed by atoms with van der Waals surface area (Å²) >= 11 is 9.29. The van der Waals surface area contributed by atoms with E-state index >= 15 is 0 Å². The lowest BCUT2D eigenvalue weighted by Crippen LogP contribution is -2.40. The number of rotatable bonds is 3. The fourth-order valence-electron chi connectivity index (χ4n) is 3.08. The van der Waals surface area contributed by atoms with Gasteiger partial charge in [0.25, 0.3) is 7.87 Å². The van der Waals surface area contributed by atoms with Crippen molar-refractivity contribution in [2.75, 3.05) is 4.67 Å². The lowest BCUT2D eigenvalue weighted by molar-refractivity contribution is -0.196. The van der Waals surface area contributed by atoms with E-state index in [4.69, 9.17) is 16.1 Å². The molecule has 0 bridgehead atoms. The molecule has 2 unspecified atom stereocenters. The minimum Gasteiger partial charge on any atom is -0.627 e. The van der Waals surface area contributed by atoms with Crippen LogP contribution in [0.3, 0.4) is 0 Å². The minimum atomic E-state index is -3.85. The highest BCUT2D eigenvalue weighted by Gasteiger charge is 2.50. The van der Waals surface area contributed by atoms with Gasteiger partial charge < -0.3 is 14.5 Å². The largest absolute Gasteiger partial charge is 0.627 e. The summed E-state index contributed by atoms with van der Waals surface area (Å²) in [6.07, 6.45) is 0. The first-order chi connectivity index (χ1) is 13.4. The smallest absolute Gasteiger partial charge is 0.280 e. The number of aliphatic hydroxyl groups is 1. The number of hydrogen-bond acceptors (Lipinski definition) is 4. The molecule has 1 aliphatic heterocycles. The zero-order valence-corrected chi connectivity index (χ0v) is 17.7. The Kier molecular flexibility index (Phi) is 5.34. The molecule has 0 saturated carbocycles. The Morgan fingerprint density at radius 1 is 1.14 bits per heavy atom. The molecule has 0 saturated heterocycles. The fourth-order valence-corrected chi connectivity index (χ4v) is 5.78. The van der Waals surface area contributed by atoms with Crippen LogP contribution in [0.4, 0.5) is 10.1 Å². The van der Waals surface area contributed by atoms with Crippen LogP contribution in [0.15, 0.2) is 71.2 Å². The second-order valence-electron chi connectivity index (χ2n) is 6.34. The molecule has 8 heteroatoms. The SMILES string of the molecule is [O-][P+]1(C(O)c2ccc(Br)cc2)Oc2ccccc2CN1c1ccc(F)c(Cl)c1. The molecule has 0 fully saturated rings. The molecular formula is C20H15BrClFNO3P. The van der Waals surface area contributed by atoms with Gasteiger partial charge in [0.2, 0.25) is 5.85 Å². The monoisotopic (exact) mass is 481 g/mol. The Balaban J connectivity index is 1.82. The van der Waals surface area contributed by atoms with Gasteiger partial charge in [-0.2, -0.15) is 0 Å². The molecule has 1 N–H and O–H groups in total. The standard InChI is InChI=1S/C20H15BrClFNO3P/c21-15-7-5-13(6-8-15)20(25)28(26)24(16-9-10-18(23)17(22)11-16)12-14-3-1-2-4-19(14)27-28/h1-11,20,25H,12H2. The Morgan fingerprint density at radius 2 is 1.86 bits per heavy atom. The first kappa shape index (κ1) is 19.6. The quantitative estimate of drug-likeness (QED) is 0.504. The first-order valence-corrected chi connectivity index (χ1v) is 11.2. The fraction of sp³-hybridized carbons (Fsp3) is 0.100. The summed E-state index contributed by atoms with van der Waals surface area (Å²) in [6, 6.07) is 18.1. The van der Waals surface area contributed by atoms with Gasteiger partial charge in [-0.15, -0.1) is 0 Å². The molecule has 0 aliphatic carbocycles. The third kappa shape index (κ3) is 3.51. The van der Waals surface area contributed by atoms with Crippen molar-refractivity contribution in [3.8, 4) is 5.75 Å². The molecule has 3 aromatic rings. The van der Waals surface area contributed by atoms with E-state index < -0.39 is 19.5 Å². The van der Waals surface area contributed by atoms with Crippen LogP contribution in [0, 0.1) is 5.82 Å². The predicted octanol–water partition coefficient (Wildman–Crippen LogP) is 5.45. The van der Waals surface area contributed by atoms with Crippen LogP contribution in [-0.2, 0) is 6.54 Å². The molecule has 2 atom stereocenters. The Labute approximate surface area is 175 Å². The maximum Gasteiger partial charge on any atom is 0.280 e. The van der Waals surface area contributed by atoms with Gasteiger partial charge >= 0.3 is 0 Å². The van der Waals surface area contributed by atoms with Gasteiger partial charge in [-0.3, -0.25) is 0 Å². The van der Waals surface area contributed by atoms with Crippen molar-refractivity contribution in [1.29, 1.82) is 0 Å². The van der Waals surface area contributed by atoms with E-state index in [1.807, 2.05) is 12.1 Å². The number of anilines is 1. The summed E-state index contributed by atoms with van der Waals surface area (Å²) in [7, 11) is -3.85. The van der Waals surface area contributed by atoms with Gasteiger partial charge in [0.1, 0.15) is 5.82 Å². The van der Waals surface area contributed by atoms with Crippen LogP contribution in [0.25, 0.3) is 0 Å². The van der Waals surface area contributed by atoms with E-state index in [2.05, 4.69) is 15.9 Å². The summed E-state index contributed by atoms with van der Waals surface area (Å²) in [5, 5.41) is 10.9. The van der Waals surface area contributed by atoms with Gasteiger partial charge in [-0.05, 0) is 36.4 Å². The van der Waals surface area contributed by atoms with Crippen LogP contribution in [0.1, 0.15) is 17.0 Å². The third-order valence-electron chi connectivity index (χ3n) is 4.54. The molecule has 4 rings (SSSR count). The van der Waals surface area contributed by atoms with E-state index in [1.165, 1.54) is 22.9 Å². The van der Waals surface area contributed by atoms with Crippen LogP contribution in [0.5, 0.6) is 5.75 Å². The van der Waals surface area contributed by atoms with E-state index in [0.717, 1.165) is 10.0 Å². The second kappa shape index (κ2) is 7.62. The highest BCUT2D eigenvalue weighted by atomic mass is 79.9. The van der Waals surface area contributed by atoms with Crippen LogP contribution in [0.2, 0.25) is 5.02 Å². The maximum atomic E-state index is 14.0. The van der Waals surface area contributed by atoms with Crippen molar-refractivity contribution < 1.29 is 18.9 Å². The van der Waals surface area contributed by atoms with E-state index in [9.17, 15) is 14.4 Å². The van der Waals surface area contributed by atoms with Crippen LogP contribution >= 0.6 is 35.4 Å². The average molecular weight is 483 g/mol. The summed E-state index contributed by atoms with van der Waals surface area (Å²) in [6.45, 7) is 0.225. The van der Waals surface area contributed by atoms with E-state index in [1.54, 1.807) is 36.4 Å². The van der Waals surface area contributed by atoms with E-state index in [0.29, 0.717) is 17.0 Å². The number of hydrogen-bond donors (Lipinski definition) is 1. The topological polar surface area (TPSA) is 55.8 Å². The van der Waals surface area contributed by atoms with Crippen molar-refractivity contribution >= 4 is 41.1 Å². The lowest BCUT2D eigenvalue weighted by Gasteiger charge is -2.44. The Hall–Kier alpha value is -1.69. The number of benzene rings is 3. The van der Waals surface area contributed by atoms with Crippen LogP contribution < -0.4 is 14.1 Å². The zero-order valence-electron chi connectivity index (χ0n) is 14.4. The van der Waals surface area contributed by atoms with Crippen molar-refractivity contribution in [3.63, 3.8) is 0 Å². The van der Waals surface area contributed by atoms with Gasteiger partial charge in [0.15, 0.2) is 5.75 Å². The highest BCUT2D eigenvalue weighted by molar-refractivity contribution is 9.10. The molecule has 3 aromatic carbocycles. The second-order valence-corrected chi connectivity index (χ2v) is 9.95. The molecule has 1 heterocycles. The van der Waals surface area contributed by atoms with Crippen molar-refractivity contribution in [1.82, 2.24) is 0 Å². The number of fused-ring (bicyclic) bond motifs is 1. The molecule has 4 nitrogen and oxygen atoms in total. The van der Waals surface area contributed by atoms with Crippen LogP contribution in [-0.4, -0.2) is 5.11 Å². The summed E-state index contributed by atoms with van der Waals surface area (Å²) < 4.78 is 21.8. The third-order valence-corrected chi connectivity index (χ3v) is 7.78. The minimum absolute atomic E-state index is 0.0963. The summed E-state index contributed by atoms with van der Waals surface area (Å²) in [4.78, 5) is 14.0. The summed E-state index contributed by atoms with van der Waals surface area (Å²) in [5.41, 5.74) is 1.65. The maximum absolute atomic E-state index is 14.0. The average Bonchev–Trinajstić information content (AvgIpc) is 2.69. The predicted molar refractivity (Wildman–Crippen MR) is 111 cm³/mol. The van der Waals surface area contributed by atoms with E-state index in [-0.39, 0.29) is 11.6 Å². The Bertz CT molecular complexity index is 1020. The number of aliphatic hydroxyl groups excluding tert-OH is 1. The molecule has 0 amide bonds. The number of halogens is 3. The van der Waals surface area contributed by atoms with Gasteiger partial charge in [-0.25, -0.2) is 9.06 Å². The lowest BCUT2D eigenvalue weighted by atomic mass is 10.2. The van der Waals surface area contributed by atoms with Gasteiger partial charge in [0, 0.05) is 15.6 Å². The molecule has 0 radical (unpaired) electrons. The Morgan fingerprint density at radius 3 is 2.57 bits per heavy atom. The highest BCUT2D eigenvalue weighted by Crippen LogP contribution is 2.68. The van der Waals surface area contributed by atoms with Gasteiger partial charge in [0.05, 0.1) is 17.3 Å². The normalized spacial score (nSPS) is 19.7. The molecule has 28 heavy (non-hydrogen) atoms. The summed E-state index contributed by atoms with van der Waals surface area (Å²) in [5.74, 6) is -1.53. The molecule has 0 aromatic heterocycles. The molecule has 0 spiro atoms. The first-order valence-electron chi connectivity index (χ1n) is 8.42. The van der Waals surface area contributed by atoms with Crippen molar-refractivity contribution in [2.45, 2.75) is 12.4 Å².